The second-order valence-electron chi connectivity index (χ2n) is 5.64. The molecular formula is C18H19FN2OS. The van der Waals surface area contributed by atoms with Gasteiger partial charge in [-0.05, 0) is 67.0 Å². The van der Waals surface area contributed by atoms with Gasteiger partial charge >= 0.3 is 0 Å². The molecule has 0 unspecified atom stereocenters. The van der Waals surface area contributed by atoms with Gasteiger partial charge in [0.05, 0.1) is 7.11 Å². The Bertz CT molecular complexity index is 668. The zero-order valence-corrected chi connectivity index (χ0v) is 13.8. The molecule has 1 N–H and O–H groups in total. The molecule has 0 saturated heterocycles. The molecule has 0 bridgehead atoms. The molecule has 1 aliphatic carbocycles. The van der Waals surface area contributed by atoms with Gasteiger partial charge in [-0.15, -0.1) is 0 Å². The van der Waals surface area contributed by atoms with Crippen molar-refractivity contribution in [1.29, 1.82) is 0 Å². The summed E-state index contributed by atoms with van der Waals surface area (Å²) in [6, 6.07) is 14.7. The average molecular weight is 330 g/mol. The summed E-state index contributed by atoms with van der Waals surface area (Å²) in [5.41, 5.74) is 1.98. The van der Waals surface area contributed by atoms with Crippen molar-refractivity contribution in [2.45, 2.75) is 25.4 Å². The summed E-state index contributed by atoms with van der Waals surface area (Å²) < 4.78 is 18.2. The fraction of sp³-hybridized carbons (Fsp3) is 0.278. The van der Waals surface area contributed by atoms with Crippen molar-refractivity contribution in [1.82, 2.24) is 4.90 Å². The third kappa shape index (κ3) is 4.20. The lowest BCUT2D eigenvalue weighted by Gasteiger charge is -2.26. The molecule has 1 fully saturated rings. The first-order chi connectivity index (χ1) is 11.2. The van der Waals surface area contributed by atoms with Crippen LogP contribution in [-0.2, 0) is 6.54 Å². The minimum atomic E-state index is -0.251. The normalized spacial score (nSPS) is 13.5. The topological polar surface area (TPSA) is 24.5 Å². The van der Waals surface area contributed by atoms with Crippen LogP contribution in [-0.4, -0.2) is 23.2 Å². The third-order valence-electron chi connectivity index (χ3n) is 3.86. The predicted octanol–water partition coefficient (Wildman–Crippen LogP) is 4.20. The Hall–Kier alpha value is -2.14. The van der Waals surface area contributed by atoms with E-state index in [1.165, 1.54) is 17.7 Å². The lowest BCUT2D eigenvalue weighted by molar-refractivity contribution is 0.405. The van der Waals surface area contributed by atoms with Gasteiger partial charge in [-0.3, -0.25) is 0 Å². The summed E-state index contributed by atoms with van der Waals surface area (Å²) >= 11 is 5.55. The van der Waals surface area contributed by atoms with E-state index in [2.05, 4.69) is 22.3 Å². The highest BCUT2D eigenvalue weighted by molar-refractivity contribution is 7.80. The number of nitrogens with zero attached hydrogens (tertiary/aromatic N) is 1. The maximum absolute atomic E-state index is 13.0. The van der Waals surface area contributed by atoms with Gasteiger partial charge < -0.3 is 15.0 Å². The number of anilines is 1. The molecule has 1 saturated carbocycles. The largest absolute Gasteiger partial charge is 0.497 e. The van der Waals surface area contributed by atoms with Gasteiger partial charge in [0.1, 0.15) is 11.6 Å². The second-order valence-corrected chi connectivity index (χ2v) is 6.03. The molecule has 120 valence electrons. The molecule has 3 rings (SSSR count). The third-order valence-corrected chi connectivity index (χ3v) is 4.19. The Kier molecular flexibility index (Phi) is 4.76. The zero-order valence-electron chi connectivity index (χ0n) is 13.0. The van der Waals surface area contributed by atoms with Gasteiger partial charge in [0.15, 0.2) is 5.11 Å². The Balaban J connectivity index is 1.67. The smallest absolute Gasteiger partial charge is 0.173 e. The fourth-order valence-electron chi connectivity index (χ4n) is 2.41. The molecule has 2 aromatic rings. The van der Waals surface area contributed by atoms with Gasteiger partial charge in [-0.1, -0.05) is 12.1 Å². The molecule has 0 aromatic heterocycles. The number of methoxy groups -OCH3 is 1. The van der Waals surface area contributed by atoms with E-state index < -0.39 is 0 Å². The Morgan fingerprint density at radius 2 is 1.83 bits per heavy atom. The molecule has 1 aliphatic rings. The molecule has 0 heterocycles. The number of rotatable bonds is 5. The number of hydrogen-bond acceptors (Lipinski definition) is 2. The first kappa shape index (κ1) is 15.7. The van der Waals surface area contributed by atoms with Crippen LogP contribution in [0.4, 0.5) is 10.1 Å². The van der Waals surface area contributed by atoms with E-state index in [4.69, 9.17) is 17.0 Å². The highest BCUT2D eigenvalue weighted by Crippen LogP contribution is 2.29. The predicted molar refractivity (Wildman–Crippen MR) is 94.2 cm³/mol. The van der Waals surface area contributed by atoms with Crippen LogP contribution in [0.2, 0.25) is 0 Å². The van der Waals surface area contributed by atoms with Gasteiger partial charge in [0, 0.05) is 18.3 Å². The monoisotopic (exact) mass is 330 g/mol. The maximum atomic E-state index is 13.0. The first-order valence-corrected chi connectivity index (χ1v) is 8.02. The zero-order chi connectivity index (χ0) is 16.2. The molecule has 3 nitrogen and oxygen atoms in total. The van der Waals surface area contributed by atoms with Gasteiger partial charge in [0.2, 0.25) is 0 Å². The summed E-state index contributed by atoms with van der Waals surface area (Å²) in [6.07, 6.45) is 2.31. The van der Waals surface area contributed by atoms with Gasteiger partial charge in [-0.2, -0.15) is 0 Å². The van der Waals surface area contributed by atoms with Crippen molar-refractivity contribution in [3.63, 3.8) is 0 Å². The number of ether oxygens (including phenoxy) is 1. The summed E-state index contributed by atoms with van der Waals surface area (Å²) in [6.45, 7) is 0.752. The first-order valence-electron chi connectivity index (χ1n) is 7.62. The van der Waals surface area contributed by atoms with Gasteiger partial charge in [0.25, 0.3) is 0 Å². The second kappa shape index (κ2) is 6.96. The molecular weight excluding hydrogens is 311 g/mol. The van der Waals surface area contributed by atoms with Crippen molar-refractivity contribution >= 4 is 23.0 Å². The Morgan fingerprint density at radius 3 is 2.39 bits per heavy atom. The van der Waals surface area contributed by atoms with Crippen LogP contribution in [0.1, 0.15) is 18.4 Å². The molecule has 0 spiro atoms. The van der Waals surface area contributed by atoms with Crippen LogP contribution in [0.15, 0.2) is 48.5 Å². The highest BCUT2D eigenvalue weighted by Gasteiger charge is 2.30. The number of benzene rings is 2. The lowest BCUT2D eigenvalue weighted by Crippen LogP contribution is -2.36. The van der Waals surface area contributed by atoms with Crippen molar-refractivity contribution < 1.29 is 9.13 Å². The van der Waals surface area contributed by atoms with E-state index in [0.29, 0.717) is 11.2 Å². The minimum Gasteiger partial charge on any atom is -0.497 e. The lowest BCUT2D eigenvalue weighted by atomic mass is 10.2. The molecule has 2 aromatic carbocycles. The van der Waals surface area contributed by atoms with Crippen LogP contribution in [0, 0.1) is 5.82 Å². The molecule has 0 atom stereocenters. The van der Waals surface area contributed by atoms with Crippen molar-refractivity contribution in [2.24, 2.45) is 0 Å². The van der Waals surface area contributed by atoms with Crippen LogP contribution in [0.3, 0.4) is 0 Å². The fourth-order valence-corrected chi connectivity index (χ4v) is 2.74. The van der Waals surface area contributed by atoms with Crippen molar-refractivity contribution in [2.75, 3.05) is 12.4 Å². The van der Waals surface area contributed by atoms with E-state index in [1.54, 1.807) is 19.2 Å². The van der Waals surface area contributed by atoms with E-state index in [1.807, 2.05) is 12.1 Å². The molecule has 5 heteroatoms. The van der Waals surface area contributed by atoms with E-state index in [-0.39, 0.29) is 5.82 Å². The molecule has 0 aliphatic heterocycles. The Morgan fingerprint density at radius 1 is 1.17 bits per heavy atom. The van der Waals surface area contributed by atoms with Crippen LogP contribution < -0.4 is 10.1 Å². The maximum Gasteiger partial charge on any atom is 0.173 e. The minimum absolute atomic E-state index is 0.251. The molecule has 23 heavy (non-hydrogen) atoms. The number of thiocarbonyl (C=S) groups is 1. The average Bonchev–Trinajstić information content (AvgIpc) is 3.40. The van der Waals surface area contributed by atoms with E-state index in [9.17, 15) is 4.39 Å². The SMILES string of the molecule is COc1ccc(CN(C(=S)Nc2ccc(F)cc2)C2CC2)cc1. The van der Waals surface area contributed by atoms with Gasteiger partial charge in [-0.25, -0.2) is 4.39 Å². The number of hydrogen-bond donors (Lipinski definition) is 1. The van der Waals surface area contributed by atoms with Crippen LogP contribution in [0.5, 0.6) is 5.75 Å². The molecule has 0 amide bonds. The van der Waals surface area contributed by atoms with E-state index >= 15 is 0 Å². The van der Waals surface area contributed by atoms with Crippen molar-refractivity contribution in [3.8, 4) is 5.75 Å². The molecule has 0 radical (unpaired) electrons. The number of nitrogens with one attached hydrogen (secondary N) is 1. The summed E-state index contributed by atoms with van der Waals surface area (Å²) in [5.74, 6) is 0.595. The summed E-state index contributed by atoms with van der Waals surface area (Å²) in [5, 5.41) is 3.88. The summed E-state index contributed by atoms with van der Waals surface area (Å²) in [7, 11) is 1.66. The van der Waals surface area contributed by atoms with Crippen LogP contribution >= 0.6 is 12.2 Å². The van der Waals surface area contributed by atoms with Crippen molar-refractivity contribution in [3.05, 3.63) is 59.9 Å². The summed E-state index contributed by atoms with van der Waals surface area (Å²) in [4.78, 5) is 2.19. The quantitative estimate of drug-likeness (QED) is 0.831. The number of halogens is 1. The van der Waals surface area contributed by atoms with E-state index in [0.717, 1.165) is 30.8 Å². The van der Waals surface area contributed by atoms with Crippen LogP contribution in [0.25, 0.3) is 0 Å². The standard InChI is InChI=1S/C18H19FN2OS/c1-22-17-10-2-13(3-11-17)12-21(16-8-9-16)18(23)20-15-6-4-14(19)5-7-15/h2-7,10-11,16H,8-9,12H2,1H3,(H,20,23). The highest BCUT2D eigenvalue weighted by atomic mass is 32.1. The Labute approximate surface area is 141 Å².